The van der Waals surface area contributed by atoms with Gasteiger partial charge in [-0.05, 0) is 91.9 Å². The Hall–Kier alpha value is -3.26. The molecule has 0 saturated heterocycles. The molecule has 190 valence electrons. The van der Waals surface area contributed by atoms with Gasteiger partial charge in [-0.25, -0.2) is 0 Å². The van der Waals surface area contributed by atoms with Gasteiger partial charge in [0.2, 0.25) is 0 Å². The highest BCUT2D eigenvalue weighted by atomic mass is 15.1. The van der Waals surface area contributed by atoms with E-state index < -0.39 is 0 Å². The van der Waals surface area contributed by atoms with E-state index >= 15 is 0 Å². The third kappa shape index (κ3) is 5.75. The quantitative estimate of drug-likeness (QED) is 0.220. The highest BCUT2D eigenvalue weighted by molar-refractivity contribution is 5.89. The predicted octanol–water partition coefficient (Wildman–Crippen LogP) is 9.05. The summed E-state index contributed by atoms with van der Waals surface area (Å²) < 4.78 is 0. The summed E-state index contributed by atoms with van der Waals surface area (Å²) >= 11 is 0. The Kier molecular flexibility index (Phi) is 9.99. The molecule has 0 aromatic heterocycles. The minimum Gasteiger partial charge on any atom is -0.372 e. The molecule has 0 spiro atoms. The Balaban J connectivity index is 0.00000176. The molecule has 0 radical (unpaired) electrons. The van der Waals surface area contributed by atoms with E-state index in [4.69, 9.17) is 0 Å². The number of hydrogen-bond acceptors (Lipinski definition) is 2. The van der Waals surface area contributed by atoms with E-state index in [9.17, 15) is 0 Å². The Bertz CT molecular complexity index is 1140. The van der Waals surface area contributed by atoms with Crippen LogP contribution in [0.25, 0.3) is 10.8 Å². The molecule has 0 heterocycles. The molecule has 36 heavy (non-hydrogen) atoms. The van der Waals surface area contributed by atoms with Crippen molar-refractivity contribution < 1.29 is 0 Å². The number of anilines is 2. The first kappa shape index (κ1) is 27.3. The summed E-state index contributed by atoms with van der Waals surface area (Å²) in [4.78, 5) is 4.80. The Labute approximate surface area is 219 Å². The van der Waals surface area contributed by atoms with Crippen LogP contribution in [0.2, 0.25) is 0 Å². The maximum Gasteiger partial charge on any atom is 0.0366 e. The van der Waals surface area contributed by atoms with Gasteiger partial charge in [0.15, 0.2) is 0 Å². The minimum atomic E-state index is 0.182. The number of aryl methyl sites for hydroxylation is 1. The van der Waals surface area contributed by atoms with Gasteiger partial charge in [-0.15, -0.1) is 0 Å². The van der Waals surface area contributed by atoms with Crippen LogP contribution in [0.5, 0.6) is 0 Å². The van der Waals surface area contributed by atoms with Gasteiger partial charge < -0.3 is 9.80 Å². The van der Waals surface area contributed by atoms with E-state index in [1.165, 1.54) is 44.4 Å². The highest BCUT2D eigenvalue weighted by Gasteiger charge is 2.20. The second-order valence-corrected chi connectivity index (χ2v) is 8.98. The van der Waals surface area contributed by atoms with Gasteiger partial charge in [0.25, 0.3) is 0 Å². The van der Waals surface area contributed by atoms with Crippen LogP contribution in [0.3, 0.4) is 0 Å². The lowest BCUT2D eigenvalue weighted by atomic mass is 9.82. The summed E-state index contributed by atoms with van der Waals surface area (Å²) in [6.07, 6.45) is 0. The van der Waals surface area contributed by atoms with Crippen molar-refractivity contribution in [3.8, 4) is 0 Å². The first-order chi connectivity index (χ1) is 17.6. The summed E-state index contributed by atoms with van der Waals surface area (Å²) in [5, 5.41) is 2.68. The highest BCUT2D eigenvalue weighted by Crippen LogP contribution is 2.38. The van der Waals surface area contributed by atoms with Crippen LogP contribution in [-0.4, -0.2) is 26.2 Å². The smallest absolute Gasteiger partial charge is 0.0366 e. The lowest BCUT2D eigenvalue weighted by Gasteiger charge is -2.25. The van der Waals surface area contributed by atoms with Crippen molar-refractivity contribution in [1.82, 2.24) is 0 Å². The monoisotopic (exact) mass is 480 g/mol. The van der Waals surface area contributed by atoms with Crippen LogP contribution < -0.4 is 9.80 Å². The number of nitrogens with zero attached hydrogens (tertiary/aromatic N) is 2. The fraction of sp³-hybridized carbons (Fsp3) is 0.353. The van der Waals surface area contributed by atoms with E-state index in [-0.39, 0.29) is 5.92 Å². The maximum atomic E-state index is 2.40. The number of hydrogen-bond donors (Lipinski definition) is 0. The molecule has 2 nitrogen and oxygen atoms in total. The van der Waals surface area contributed by atoms with Crippen molar-refractivity contribution >= 4 is 22.1 Å². The molecule has 2 heteroatoms. The molecule has 0 saturated carbocycles. The zero-order valence-corrected chi connectivity index (χ0v) is 23.4. The summed E-state index contributed by atoms with van der Waals surface area (Å²) in [5.74, 6) is 0.182. The van der Waals surface area contributed by atoms with Gasteiger partial charge in [0.1, 0.15) is 0 Å². The molecule has 0 aliphatic rings. The molecule has 4 aromatic rings. The maximum absolute atomic E-state index is 2.40. The number of rotatable bonds is 9. The molecule has 0 amide bonds. The van der Waals surface area contributed by atoms with Gasteiger partial charge in [-0.3, -0.25) is 0 Å². The zero-order valence-electron chi connectivity index (χ0n) is 23.4. The molecule has 0 fully saturated rings. The van der Waals surface area contributed by atoms with Crippen molar-refractivity contribution in [2.45, 2.75) is 54.4 Å². The van der Waals surface area contributed by atoms with Gasteiger partial charge >= 0.3 is 0 Å². The summed E-state index contributed by atoms with van der Waals surface area (Å²) in [7, 11) is 0. The van der Waals surface area contributed by atoms with Crippen molar-refractivity contribution in [3.05, 3.63) is 107 Å². The SMILES string of the molecule is CC.CCN(CC)c1ccc(C(c2ccc(N(CC)CC)cc2)c2ccc(C)c3ccccc23)cc1. The topological polar surface area (TPSA) is 6.48 Å². The van der Waals surface area contributed by atoms with Crippen molar-refractivity contribution in [2.75, 3.05) is 36.0 Å². The average Bonchev–Trinajstić information content (AvgIpc) is 2.94. The molecule has 0 atom stereocenters. The van der Waals surface area contributed by atoms with Crippen molar-refractivity contribution in [1.29, 1.82) is 0 Å². The Morgan fingerprint density at radius 1 is 0.528 bits per heavy atom. The first-order valence-electron chi connectivity index (χ1n) is 13.8. The van der Waals surface area contributed by atoms with E-state index in [2.05, 4.69) is 129 Å². The van der Waals surface area contributed by atoms with Crippen LogP contribution in [0.1, 0.15) is 69.7 Å². The zero-order chi connectivity index (χ0) is 26.1. The van der Waals surface area contributed by atoms with Crippen molar-refractivity contribution in [2.24, 2.45) is 0 Å². The fourth-order valence-electron chi connectivity index (χ4n) is 5.21. The number of benzene rings is 4. The van der Waals surface area contributed by atoms with Gasteiger partial charge in [0.05, 0.1) is 0 Å². The average molecular weight is 481 g/mol. The molecule has 0 N–H and O–H groups in total. The van der Waals surface area contributed by atoms with E-state index in [0.29, 0.717) is 0 Å². The largest absolute Gasteiger partial charge is 0.372 e. The van der Waals surface area contributed by atoms with Crippen LogP contribution in [0.15, 0.2) is 84.9 Å². The second kappa shape index (κ2) is 13.2. The van der Waals surface area contributed by atoms with Crippen LogP contribution in [0.4, 0.5) is 11.4 Å². The lowest BCUT2D eigenvalue weighted by molar-refractivity contribution is 0.863. The Morgan fingerprint density at radius 3 is 1.36 bits per heavy atom. The van der Waals surface area contributed by atoms with Gasteiger partial charge in [-0.1, -0.05) is 74.5 Å². The summed E-state index contributed by atoms with van der Waals surface area (Å²) in [6.45, 7) is 19.2. The van der Waals surface area contributed by atoms with E-state index in [1.54, 1.807) is 0 Å². The lowest BCUT2D eigenvalue weighted by Crippen LogP contribution is -2.22. The van der Waals surface area contributed by atoms with Gasteiger partial charge in [-0.2, -0.15) is 0 Å². The molecule has 4 rings (SSSR count). The molecular weight excluding hydrogens is 436 g/mol. The van der Waals surface area contributed by atoms with E-state index in [0.717, 1.165) is 26.2 Å². The minimum absolute atomic E-state index is 0.182. The molecule has 4 aromatic carbocycles. The summed E-state index contributed by atoms with van der Waals surface area (Å²) in [6, 6.07) is 31.9. The molecule has 0 bridgehead atoms. The first-order valence-corrected chi connectivity index (χ1v) is 13.8. The fourth-order valence-corrected chi connectivity index (χ4v) is 5.21. The molecule has 0 unspecified atom stereocenters. The normalized spacial score (nSPS) is 10.8. The predicted molar refractivity (Wildman–Crippen MR) is 161 cm³/mol. The molecule has 0 aliphatic carbocycles. The molecular formula is C34H44N2. The Morgan fingerprint density at radius 2 is 0.944 bits per heavy atom. The second-order valence-electron chi connectivity index (χ2n) is 8.98. The number of fused-ring (bicyclic) bond motifs is 1. The standard InChI is InChI=1S/C32H38N2.C2H6/c1-6-33(7-2)27-19-15-25(16-20-27)32(26-17-21-28(22-18-26)34(8-3)9-4)31-23-14-24(5)29-12-10-11-13-30(29)31;1-2/h10-23,32H,6-9H2,1-5H3;1-2H3. The molecule has 0 aliphatic heterocycles. The van der Waals surface area contributed by atoms with Crippen LogP contribution in [-0.2, 0) is 0 Å². The van der Waals surface area contributed by atoms with Crippen molar-refractivity contribution in [3.63, 3.8) is 0 Å². The summed E-state index contributed by atoms with van der Waals surface area (Å²) in [5.41, 5.74) is 7.94. The third-order valence-electron chi connectivity index (χ3n) is 7.20. The van der Waals surface area contributed by atoms with E-state index in [1.807, 2.05) is 13.8 Å². The third-order valence-corrected chi connectivity index (χ3v) is 7.20. The van der Waals surface area contributed by atoms with Crippen LogP contribution in [0, 0.1) is 6.92 Å². The van der Waals surface area contributed by atoms with Gasteiger partial charge in [0, 0.05) is 43.5 Å². The van der Waals surface area contributed by atoms with Crippen LogP contribution >= 0.6 is 0 Å².